The highest BCUT2D eigenvalue weighted by atomic mass is 127. The van der Waals surface area contributed by atoms with Crippen LogP contribution in [0.2, 0.25) is 0 Å². The van der Waals surface area contributed by atoms with E-state index in [2.05, 4.69) is 22.1 Å². The van der Waals surface area contributed by atoms with Gasteiger partial charge < -0.3 is 10.2 Å². The number of unbranched alkanes of at least 4 members (excludes halogenated alkanes) is 1. The first-order valence-electron chi connectivity index (χ1n) is 7.25. The number of halogens is 1. The Morgan fingerprint density at radius 2 is 2.00 bits per heavy atom. The van der Waals surface area contributed by atoms with E-state index in [1.54, 1.807) is 0 Å². The highest BCUT2D eigenvalue weighted by molar-refractivity contribution is 14.0. The smallest absolute Gasteiger partial charge is 0.193 e. The zero-order valence-corrected chi connectivity index (χ0v) is 14.2. The van der Waals surface area contributed by atoms with Crippen LogP contribution in [0.1, 0.15) is 51.9 Å². The normalized spacial score (nSPS) is 22.3. The largest absolute Gasteiger partial charge is 0.356 e. The minimum atomic E-state index is 0. The second kappa shape index (κ2) is 7.56. The zero-order valence-electron chi connectivity index (χ0n) is 11.9. The molecule has 1 spiro atoms. The third-order valence-electron chi connectivity index (χ3n) is 4.43. The predicted molar refractivity (Wildman–Crippen MR) is 88.8 cm³/mol. The van der Waals surface area contributed by atoms with Crippen LogP contribution in [0.25, 0.3) is 0 Å². The van der Waals surface area contributed by atoms with E-state index in [4.69, 9.17) is 0 Å². The molecule has 1 saturated carbocycles. The zero-order chi connectivity index (χ0) is 12.1. The summed E-state index contributed by atoms with van der Waals surface area (Å²) in [7, 11) is 1.91. The maximum absolute atomic E-state index is 4.43. The molecular weight excluding hydrogens is 337 g/mol. The van der Waals surface area contributed by atoms with Gasteiger partial charge in [0.2, 0.25) is 0 Å². The average Bonchev–Trinajstić information content (AvgIpc) is 2.96. The molecule has 0 aromatic heterocycles. The van der Waals surface area contributed by atoms with E-state index in [1.165, 1.54) is 58.0 Å². The molecule has 1 aliphatic heterocycles. The number of hydrogen-bond donors (Lipinski definition) is 1. The number of guanidine groups is 1. The van der Waals surface area contributed by atoms with E-state index in [0.29, 0.717) is 5.41 Å². The lowest BCUT2D eigenvalue weighted by molar-refractivity contribution is 0.309. The van der Waals surface area contributed by atoms with Gasteiger partial charge in [0.25, 0.3) is 0 Å². The summed E-state index contributed by atoms with van der Waals surface area (Å²) in [5.74, 6) is 1.13. The second-order valence-electron chi connectivity index (χ2n) is 5.71. The monoisotopic (exact) mass is 365 g/mol. The fourth-order valence-corrected chi connectivity index (χ4v) is 3.36. The van der Waals surface area contributed by atoms with Crippen molar-refractivity contribution in [3.63, 3.8) is 0 Å². The molecule has 2 rings (SSSR count). The van der Waals surface area contributed by atoms with Crippen LogP contribution < -0.4 is 5.32 Å². The molecule has 0 radical (unpaired) electrons. The van der Waals surface area contributed by atoms with Gasteiger partial charge in [-0.3, -0.25) is 4.99 Å². The van der Waals surface area contributed by atoms with Gasteiger partial charge >= 0.3 is 0 Å². The highest BCUT2D eigenvalue weighted by Gasteiger charge is 2.40. The molecule has 106 valence electrons. The van der Waals surface area contributed by atoms with Crippen LogP contribution in [0.4, 0.5) is 0 Å². The Balaban J connectivity index is 0.00000162. The molecule has 1 saturated heterocycles. The second-order valence-corrected chi connectivity index (χ2v) is 5.71. The van der Waals surface area contributed by atoms with E-state index in [9.17, 15) is 0 Å². The summed E-state index contributed by atoms with van der Waals surface area (Å²) in [5.41, 5.74) is 0.641. The Labute approximate surface area is 129 Å². The maximum Gasteiger partial charge on any atom is 0.193 e. The van der Waals surface area contributed by atoms with E-state index in [1.807, 2.05) is 7.05 Å². The fourth-order valence-electron chi connectivity index (χ4n) is 3.36. The molecule has 3 nitrogen and oxygen atoms in total. The van der Waals surface area contributed by atoms with Crippen molar-refractivity contribution in [1.82, 2.24) is 10.2 Å². The first-order chi connectivity index (χ1) is 8.29. The van der Waals surface area contributed by atoms with Gasteiger partial charge in [0.1, 0.15) is 0 Å². The summed E-state index contributed by atoms with van der Waals surface area (Å²) in [6.45, 7) is 5.73. The molecule has 0 atom stereocenters. The van der Waals surface area contributed by atoms with Gasteiger partial charge in [0.15, 0.2) is 5.96 Å². The first kappa shape index (κ1) is 16.1. The van der Waals surface area contributed by atoms with Crippen LogP contribution in [0, 0.1) is 5.41 Å². The van der Waals surface area contributed by atoms with Crippen molar-refractivity contribution in [1.29, 1.82) is 0 Å². The predicted octanol–water partition coefficient (Wildman–Crippen LogP) is 3.25. The lowest BCUT2D eigenvalue weighted by Gasteiger charge is -2.25. The van der Waals surface area contributed by atoms with Crippen molar-refractivity contribution >= 4 is 29.9 Å². The SMILES string of the molecule is CCCCNC(=NC)N1CCC2(CCCC2)C1.I. The minimum absolute atomic E-state index is 0. The first-order valence-corrected chi connectivity index (χ1v) is 7.25. The van der Waals surface area contributed by atoms with E-state index in [-0.39, 0.29) is 24.0 Å². The van der Waals surface area contributed by atoms with Crippen molar-refractivity contribution < 1.29 is 0 Å². The van der Waals surface area contributed by atoms with E-state index in [0.717, 1.165) is 12.5 Å². The standard InChI is InChI=1S/C14H27N3.HI/c1-3-4-10-16-13(15-2)17-11-9-14(12-17)7-5-6-8-14;/h3-12H2,1-2H3,(H,15,16);1H. The lowest BCUT2D eigenvalue weighted by Crippen LogP contribution is -2.41. The molecule has 0 unspecified atom stereocenters. The summed E-state index contributed by atoms with van der Waals surface area (Å²) in [6.07, 6.45) is 9.61. The molecule has 2 fully saturated rings. The van der Waals surface area contributed by atoms with Crippen LogP contribution in [0.15, 0.2) is 4.99 Å². The lowest BCUT2D eigenvalue weighted by atomic mass is 9.86. The van der Waals surface area contributed by atoms with Crippen LogP contribution in [0.3, 0.4) is 0 Å². The van der Waals surface area contributed by atoms with Gasteiger partial charge in [-0.15, -0.1) is 24.0 Å². The van der Waals surface area contributed by atoms with Crippen LogP contribution in [0.5, 0.6) is 0 Å². The third-order valence-corrected chi connectivity index (χ3v) is 4.43. The maximum atomic E-state index is 4.43. The van der Waals surface area contributed by atoms with E-state index < -0.39 is 0 Å². The van der Waals surface area contributed by atoms with Crippen LogP contribution in [-0.4, -0.2) is 37.5 Å². The average molecular weight is 365 g/mol. The van der Waals surface area contributed by atoms with Crippen LogP contribution >= 0.6 is 24.0 Å². The minimum Gasteiger partial charge on any atom is -0.356 e. The van der Waals surface area contributed by atoms with E-state index >= 15 is 0 Å². The van der Waals surface area contributed by atoms with Crippen molar-refractivity contribution in [2.45, 2.75) is 51.9 Å². The van der Waals surface area contributed by atoms with Crippen molar-refractivity contribution in [2.24, 2.45) is 10.4 Å². The van der Waals surface area contributed by atoms with Gasteiger partial charge in [-0.25, -0.2) is 0 Å². The number of rotatable bonds is 3. The molecule has 1 heterocycles. The van der Waals surface area contributed by atoms with Crippen molar-refractivity contribution in [2.75, 3.05) is 26.7 Å². The number of nitrogens with one attached hydrogen (secondary N) is 1. The molecule has 1 aliphatic carbocycles. The Morgan fingerprint density at radius 3 is 2.61 bits per heavy atom. The number of likely N-dealkylation sites (tertiary alicyclic amines) is 1. The molecule has 18 heavy (non-hydrogen) atoms. The Hall–Kier alpha value is 0. The number of hydrogen-bond acceptors (Lipinski definition) is 1. The van der Waals surface area contributed by atoms with Crippen molar-refractivity contribution in [3.05, 3.63) is 0 Å². The van der Waals surface area contributed by atoms with Gasteiger partial charge in [-0.2, -0.15) is 0 Å². The number of nitrogens with zero attached hydrogens (tertiary/aromatic N) is 2. The van der Waals surface area contributed by atoms with Crippen molar-refractivity contribution in [3.8, 4) is 0 Å². The Morgan fingerprint density at radius 1 is 1.28 bits per heavy atom. The molecular formula is C14H28IN3. The molecule has 0 aromatic carbocycles. The third kappa shape index (κ3) is 3.75. The summed E-state index contributed by atoms with van der Waals surface area (Å²) < 4.78 is 0. The highest BCUT2D eigenvalue weighted by Crippen LogP contribution is 2.45. The summed E-state index contributed by atoms with van der Waals surface area (Å²) in [4.78, 5) is 6.90. The quantitative estimate of drug-likeness (QED) is 0.360. The fraction of sp³-hybridized carbons (Fsp3) is 0.929. The molecule has 2 aliphatic rings. The Bertz CT molecular complexity index is 272. The van der Waals surface area contributed by atoms with Gasteiger partial charge in [0, 0.05) is 26.7 Å². The summed E-state index contributed by atoms with van der Waals surface area (Å²) >= 11 is 0. The van der Waals surface area contributed by atoms with Crippen LogP contribution in [-0.2, 0) is 0 Å². The molecule has 0 amide bonds. The summed E-state index contributed by atoms with van der Waals surface area (Å²) in [5, 5.41) is 3.49. The molecule has 0 aromatic rings. The van der Waals surface area contributed by atoms with Gasteiger partial charge in [0.05, 0.1) is 0 Å². The molecule has 4 heteroatoms. The Kier molecular flexibility index (Phi) is 6.74. The number of aliphatic imine (C=N–C) groups is 1. The summed E-state index contributed by atoms with van der Waals surface area (Å²) in [6, 6.07) is 0. The topological polar surface area (TPSA) is 27.6 Å². The molecule has 1 N–H and O–H groups in total. The van der Waals surface area contributed by atoms with Gasteiger partial charge in [-0.05, 0) is 31.1 Å². The molecule has 0 bridgehead atoms. The van der Waals surface area contributed by atoms with Gasteiger partial charge in [-0.1, -0.05) is 26.2 Å².